The predicted octanol–water partition coefficient (Wildman–Crippen LogP) is 4.18. The number of para-hydroxylation sites is 2. The maximum absolute atomic E-state index is 13.6. The number of hydrogen-bond acceptors (Lipinski definition) is 4. The lowest BCUT2D eigenvalue weighted by Crippen LogP contribution is -2.50. The minimum Gasteiger partial charge on any atom is -0.324 e. The Bertz CT molecular complexity index is 1300. The quantitative estimate of drug-likeness (QED) is 0.520. The summed E-state index contributed by atoms with van der Waals surface area (Å²) in [5.41, 5.74) is 4.35. The number of aryl methyl sites for hydroxylation is 2. The number of carbonyl (C=O) groups is 2. The second kappa shape index (κ2) is 8.70. The fourth-order valence-electron chi connectivity index (χ4n) is 4.08. The first-order valence-electron chi connectivity index (χ1n) is 10.9. The summed E-state index contributed by atoms with van der Waals surface area (Å²) in [6.07, 6.45) is 2.73. The summed E-state index contributed by atoms with van der Waals surface area (Å²) in [7, 11) is 0. The number of fused-ring (bicyclic) bond motifs is 1. The highest BCUT2D eigenvalue weighted by molar-refractivity contribution is 6.10. The Kier molecular flexibility index (Phi) is 5.44. The second-order valence-electron chi connectivity index (χ2n) is 8.06. The van der Waals surface area contributed by atoms with Gasteiger partial charge in [-0.25, -0.2) is 9.67 Å². The Morgan fingerprint density at radius 2 is 1.67 bits per heavy atom. The zero-order chi connectivity index (χ0) is 22.8. The zero-order valence-electron chi connectivity index (χ0n) is 18.2. The van der Waals surface area contributed by atoms with E-state index in [1.54, 1.807) is 4.68 Å². The molecule has 164 valence electrons. The van der Waals surface area contributed by atoms with Crippen LogP contribution in [-0.4, -0.2) is 32.6 Å². The fraction of sp³-hybridized carbons (Fsp3) is 0.154. The molecule has 1 atom stereocenters. The van der Waals surface area contributed by atoms with Gasteiger partial charge in [0.25, 0.3) is 5.91 Å². The molecule has 1 aromatic heterocycles. The first-order valence-corrected chi connectivity index (χ1v) is 10.9. The summed E-state index contributed by atoms with van der Waals surface area (Å²) in [6.45, 7) is 1.99. The van der Waals surface area contributed by atoms with Gasteiger partial charge in [0.05, 0.1) is 5.69 Å². The average molecular weight is 438 g/mol. The van der Waals surface area contributed by atoms with Gasteiger partial charge in [0, 0.05) is 11.4 Å². The van der Waals surface area contributed by atoms with Crippen molar-refractivity contribution in [1.29, 1.82) is 0 Å². The van der Waals surface area contributed by atoms with Gasteiger partial charge >= 0.3 is 0 Å². The van der Waals surface area contributed by atoms with Gasteiger partial charge in [0.2, 0.25) is 11.7 Å². The summed E-state index contributed by atoms with van der Waals surface area (Å²) in [6, 6.07) is 24.1. The molecule has 0 saturated carbocycles. The lowest BCUT2D eigenvalue weighted by Gasteiger charge is -2.35. The van der Waals surface area contributed by atoms with E-state index in [2.05, 4.69) is 15.4 Å². The molecule has 1 N–H and O–H groups in total. The van der Waals surface area contributed by atoms with Gasteiger partial charge in [-0.1, -0.05) is 54.1 Å². The van der Waals surface area contributed by atoms with Gasteiger partial charge in [-0.05, 0) is 55.7 Å². The Balaban J connectivity index is 1.47. The topological polar surface area (TPSA) is 80.1 Å². The molecule has 0 aliphatic carbocycles. The van der Waals surface area contributed by atoms with Crippen LogP contribution in [0.5, 0.6) is 0 Å². The number of amides is 2. The maximum atomic E-state index is 13.6. The van der Waals surface area contributed by atoms with Crippen LogP contribution in [0.15, 0.2) is 85.2 Å². The molecule has 0 saturated heterocycles. The third kappa shape index (κ3) is 4.13. The summed E-state index contributed by atoms with van der Waals surface area (Å²) in [5, 5.41) is 7.36. The lowest BCUT2D eigenvalue weighted by atomic mass is 9.94. The summed E-state index contributed by atoms with van der Waals surface area (Å²) < 4.78 is 1.56. The molecule has 1 unspecified atom stereocenters. The molecule has 1 aliphatic rings. The molecule has 5 rings (SSSR count). The summed E-state index contributed by atoms with van der Waals surface area (Å²) in [4.78, 5) is 32.7. The number of nitrogens with one attached hydrogen (secondary N) is 1. The third-order valence-corrected chi connectivity index (χ3v) is 5.79. The van der Waals surface area contributed by atoms with Gasteiger partial charge in [-0.2, -0.15) is 0 Å². The number of nitrogens with zero attached hydrogens (tertiary/aromatic N) is 4. The normalized spacial score (nSPS) is 15.1. The van der Waals surface area contributed by atoms with Crippen molar-refractivity contribution in [3.05, 3.63) is 102 Å². The van der Waals surface area contributed by atoms with Crippen molar-refractivity contribution in [2.24, 2.45) is 0 Å². The second-order valence-corrected chi connectivity index (χ2v) is 8.06. The van der Waals surface area contributed by atoms with Crippen LogP contribution in [0.4, 0.5) is 11.4 Å². The van der Waals surface area contributed by atoms with Crippen LogP contribution >= 0.6 is 0 Å². The molecule has 3 aromatic carbocycles. The summed E-state index contributed by atoms with van der Waals surface area (Å²) in [5.74, 6) is -0.589. The van der Waals surface area contributed by atoms with Crippen LogP contribution < -0.4 is 10.2 Å². The van der Waals surface area contributed by atoms with Gasteiger partial charge in [0.1, 0.15) is 12.4 Å². The van der Waals surface area contributed by atoms with E-state index in [-0.39, 0.29) is 11.7 Å². The monoisotopic (exact) mass is 437 g/mol. The molecule has 2 heterocycles. The van der Waals surface area contributed by atoms with Crippen LogP contribution in [0.2, 0.25) is 0 Å². The number of hydrogen-bond donors (Lipinski definition) is 1. The number of rotatable bonds is 4. The molecular formula is C26H23N5O2. The first-order chi connectivity index (χ1) is 16.1. The van der Waals surface area contributed by atoms with Crippen molar-refractivity contribution in [2.45, 2.75) is 25.8 Å². The molecule has 7 heteroatoms. The molecule has 2 amide bonds. The Hall–Kier alpha value is -4.26. The fourth-order valence-corrected chi connectivity index (χ4v) is 4.08. The molecule has 0 radical (unpaired) electrons. The van der Waals surface area contributed by atoms with E-state index in [4.69, 9.17) is 0 Å². The summed E-state index contributed by atoms with van der Waals surface area (Å²) >= 11 is 0. The van der Waals surface area contributed by atoms with Gasteiger partial charge < -0.3 is 5.32 Å². The largest absolute Gasteiger partial charge is 0.324 e. The van der Waals surface area contributed by atoms with E-state index in [0.717, 1.165) is 16.8 Å². The Morgan fingerprint density at radius 3 is 2.45 bits per heavy atom. The van der Waals surface area contributed by atoms with Crippen molar-refractivity contribution in [3.63, 3.8) is 0 Å². The molecule has 7 nitrogen and oxygen atoms in total. The van der Waals surface area contributed by atoms with E-state index >= 15 is 0 Å². The molecular weight excluding hydrogens is 414 g/mol. The molecule has 0 fully saturated rings. The van der Waals surface area contributed by atoms with E-state index in [9.17, 15) is 9.59 Å². The average Bonchev–Trinajstić information content (AvgIpc) is 3.35. The van der Waals surface area contributed by atoms with Gasteiger partial charge in [-0.3, -0.25) is 14.5 Å². The molecule has 33 heavy (non-hydrogen) atoms. The molecule has 0 spiro atoms. The van der Waals surface area contributed by atoms with Crippen molar-refractivity contribution in [1.82, 2.24) is 14.8 Å². The number of anilines is 2. The standard InChI is InChI=1S/C26H23N5O2/c1-18-11-14-20(15-12-18)28-25(32)23-16-13-19-7-5-6-10-22(19)31(23)26(33)24-27-17-30(29-24)21-8-3-2-4-9-21/h2-12,14-15,17,23H,13,16H2,1H3,(H,28,32). The van der Waals surface area contributed by atoms with Crippen LogP contribution in [0, 0.1) is 6.92 Å². The third-order valence-electron chi connectivity index (χ3n) is 5.79. The molecule has 4 aromatic rings. The lowest BCUT2D eigenvalue weighted by molar-refractivity contribution is -0.117. The maximum Gasteiger partial charge on any atom is 0.298 e. The van der Waals surface area contributed by atoms with Crippen LogP contribution in [-0.2, 0) is 11.2 Å². The van der Waals surface area contributed by atoms with E-state index < -0.39 is 11.9 Å². The van der Waals surface area contributed by atoms with Crippen LogP contribution in [0.25, 0.3) is 5.69 Å². The first kappa shape index (κ1) is 20.6. The van der Waals surface area contributed by atoms with E-state index in [1.807, 2.05) is 85.8 Å². The SMILES string of the molecule is Cc1ccc(NC(=O)C2CCc3ccccc3N2C(=O)c2ncn(-c3ccccc3)n2)cc1. The smallest absolute Gasteiger partial charge is 0.298 e. The van der Waals surface area contributed by atoms with E-state index in [1.165, 1.54) is 11.2 Å². The van der Waals surface area contributed by atoms with Gasteiger partial charge in [0.15, 0.2) is 0 Å². The van der Waals surface area contributed by atoms with Gasteiger partial charge in [-0.15, -0.1) is 5.10 Å². The van der Waals surface area contributed by atoms with Crippen LogP contribution in [0.3, 0.4) is 0 Å². The minimum absolute atomic E-state index is 0.0451. The highest BCUT2D eigenvalue weighted by atomic mass is 16.2. The highest BCUT2D eigenvalue weighted by Crippen LogP contribution is 2.32. The zero-order valence-corrected chi connectivity index (χ0v) is 18.2. The highest BCUT2D eigenvalue weighted by Gasteiger charge is 2.37. The Morgan fingerprint density at radius 1 is 0.939 bits per heavy atom. The minimum atomic E-state index is -0.669. The number of benzene rings is 3. The van der Waals surface area contributed by atoms with Crippen molar-refractivity contribution in [3.8, 4) is 5.69 Å². The Labute approximate surface area is 191 Å². The molecule has 0 bridgehead atoms. The van der Waals surface area contributed by atoms with E-state index in [0.29, 0.717) is 24.2 Å². The predicted molar refractivity (Wildman–Crippen MR) is 127 cm³/mol. The van der Waals surface area contributed by atoms with Crippen molar-refractivity contribution < 1.29 is 9.59 Å². The number of carbonyl (C=O) groups excluding carboxylic acids is 2. The van der Waals surface area contributed by atoms with Crippen molar-refractivity contribution in [2.75, 3.05) is 10.2 Å². The number of aromatic nitrogens is 3. The van der Waals surface area contributed by atoms with Crippen molar-refractivity contribution >= 4 is 23.2 Å². The van der Waals surface area contributed by atoms with Crippen LogP contribution in [0.1, 0.15) is 28.2 Å². The molecule has 1 aliphatic heterocycles.